The molecule has 176 valence electrons. The third-order valence-corrected chi connectivity index (χ3v) is 5.59. The van der Waals surface area contributed by atoms with Crippen LogP contribution in [0.3, 0.4) is 0 Å². The summed E-state index contributed by atoms with van der Waals surface area (Å²) < 4.78 is 11.3. The minimum Gasteiger partial charge on any atom is -0.488 e. The SMILES string of the molecule is O=C1OC(c2ccc(-c3ccccc3)cc2)=N/C1=C\c1ccccc1OCc1cccc([N+](=O)[O-])c1. The van der Waals surface area contributed by atoms with E-state index in [1.54, 1.807) is 36.4 Å². The lowest BCUT2D eigenvalue weighted by Gasteiger charge is -2.09. The van der Waals surface area contributed by atoms with Crippen molar-refractivity contribution in [3.63, 3.8) is 0 Å². The Hall–Kier alpha value is -5.04. The molecule has 0 amide bonds. The molecule has 0 aliphatic carbocycles. The number of para-hydroxylation sites is 1. The molecule has 0 radical (unpaired) electrons. The molecule has 0 saturated carbocycles. The first-order valence-electron chi connectivity index (χ1n) is 11.2. The van der Waals surface area contributed by atoms with Crippen LogP contribution in [0, 0.1) is 10.1 Å². The van der Waals surface area contributed by atoms with Crippen molar-refractivity contribution in [3.8, 4) is 16.9 Å². The van der Waals surface area contributed by atoms with Gasteiger partial charge in [0, 0.05) is 23.3 Å². The van der Waals surface area contributed by atoms with Gasteiger partial charge in [0.1, 0.15) is 12.4 Å². The van der Waals surface area contributed by atoms with Crippen LogP contribution in [0.2, 0.25) is 0 Å². The summed E-state index contributed by atoms with van der Waals surface area (Å²) in [6, 6.07) is 31.1. The maximum absolute atomic E-state index is 12.5. The Morgan fingerprint density at radius 1 is 0.833 bits per heavy atom. The summed E-state index contributed by atoms with van der Waals surface area (Å²) >= 11 is 0. The molecule has 0 N–H and O–H groups in total. The normalized spacial score (nSPS) is 13.8. The first-order chi connectivity index (χ1) is 17.6. The van der Waals surface area contributed by atoms with Crippen molar-refractivity contribution >= 4 is 23.6 Å². The van der Waals surface area contributed by atoms with Gasteiger partial charge in [0.2, 0.25) is 5.90 Å². The Morgan fingerprint density at radius 2 is 1.53 bits per heavy atom. The molecule has 0 bridgehead atoms. The van der Waals surface area contributed by atoms with E-state index < -0.39 is 10.9 Å². The van der Waals surface area contributed by atoms with Gasteiger partial charge >= 0.3 is 5.97 Å². The Kier molecular flexibility index (Phi) is 6.36. The van der Waals surface area contributed by atoms with E-state index >= 15 is 0 Å². The van der Waals surface area contributed by atoms with Gasteiger partial charge in [0.25, 0.3) is 5.69 Å². The summed E-state index contributed by atoms with van der Waals surface area (Å²) in [6.45, 7) is 0.134. The molecule has 0 saturated heterocycles. The topological polar surface area (TPSA) is 91.0 Å². The van der Waals surface area contributed by atoms with Gasteiger partial charge in [-0.1, -0.05) is 72.8 Å². The number of nitro benzene ring substituents is 1. The van der Waals surface area contributed by atoms with Crippen LogP contribution >= 0.6 is 0 Å². The largest absolute Gasteiger partial charge is 0.488 e. The molecular formula is C29H20N2O5. The third-order valence-electron chi connectivity index (χ3n) is 5.59. The lowest BCUT2D eigenvalue weighted by Crippen LogP contribution is -2.05. The van der Waals surface area contributed by atoms with Crippen LogP contribution in [-0.4, -0.2) is 16.8 Å². The smallest absolute Gasteiger partial charge is 0.363 e. The molecule has 0 unspecified atom stereocenters. The standard InChI is InChI=1S/C29H20N2O5/c32-29-26(30-28(36-29)23-15-13-22(14-16-23)21-8-2-1-3-9-21)18-24-10-4-5-12-27(24)35-19-20-7-6-11-25(17-20)31(33)34/h1-18H,19H2/b26-18-. The first-order valence-corrected chi connectivity index (χ1v) is 11.2. The molecule has 1 aliphatic rings. The van der Waals surface area contributed by atoms with E-state index in [0.29, 0.717) is 22.4 Å². The lowest BCUT2D eigenvalue weighted by molar-refractivity contribution is -0.384. The van der Waals surface area contributed by atoms with Crippen molar-refractivity contribution in [3.05, 3.63) is 136 Å². The lowest BCUT2D eigenvalue weighted by atomic mass is 10.0. The Labute approximate surface area is 207 Å². The number of aliphatic imine (C=N–C) groups is 1. The molecule has 7 nitrogen and oxygen atoms in total. The number of esters is 1. The summed E-state index contributed by atoms with van der Waals surface area (Å²) in [5, 5.41) is 11.0. The van der Waals surface area contributed by atoms with Crippen LogP contribution in [0.5, 0.6) is 5.75 Å². The van der Waals surface area contributed by atoms with Crippen LogP contribution in [0.1, 0.15) is 16.7 Å². The minimum absolute atomic E-state index is 0.00104. The number of rotatable bonds is 7. The van der Waals surface area contributed by atoms with Crippen LogP contribution in [0.15, 0.2) is 114 Å². The van der Waals surface area contributed by atoms with Gasteiger partial charge in [0.05, 0.1) is 4.92 Å². The van der Waals surface area contributed by atoms with Crippen LogP contribution in [-0.2, 0) is 16.1 Å². The third kappa shape index (κ3) is 5.05. The molecule has 5 rings (SSSR count). The monoisotopic (exact) mass is 476 g/mol. The van der Waals surface area contributed by atoms with E-state index in [1.165, 1.54) is 12.1 Å². The fraction of sp³-hybridized carbons (Fsp3) is 0.0345. The quantitative estimate of drug-likeness (QED) is 0.137. The second-order valence-electron chi connectivity index (χ2n) is 8.03. The average molecular weight is 476 g/mol. The summed E-state index contributed by atoms with van der Waals surface area (Å²) in [6.07, 6.45) is 1.61. The van der Waals surface area contributed by atoms with Gasteiger partial charge < -0.3 is 9.47 Å². The second-order valence-corrected chi connectivity index (χ2v) is 8.03. The summed E-state index contributed by atoms with van der Waals surface area (Å²) in [7, 11) is 0. The zero-order valence-corrected chi connectivity index (χ0v) is 19.0. The van der Waals surface area contributed by atoms with E-state index in [4.69, 9.17) is 9.47 Å². The fourth-order valence-corrected chi connectivity index (χ4v) is 3.77. The van der Waals surface area contributed by atoms with Crippen molar-refractivity contribution in [2.75, 3.05) is 0 Å². The Bertz CT molecular complexity index is 1490. The molecule has 4 aromatic rings. The van der Waals surface area contributed by atoms with E-state index in [1.807, 2.05) is 60.7 Å². The Balaban J connectivity index is 1.35. The minimum atomic E-state index is -0.550. The molecule has 1 heterocycles. The van der Waals surface area contributed by atoms with E-state index in [0.717, 1.165) is 11.1 Å². The fourth-order valence-electron chi connectivity index (χ4n) is 3.77. The number of carbonyl (C=O) groups excluding carboxylic acids is 1. The van der Waals surface area contributed by atoms with Crippen molar-refractivity contribution in [2.24, 2.45) is 4.99 Å². The van der Waals surface area contributed by atoms with Crippen molar-refractivity contribution in [2.45, 2.75) is 6.61 Å². The van der Waals surface area contributed by atoms with Crippen LogP contribution in [0.4, 0.5) is 5.69 Å². The van der Waals surface area contributed by atoms with Crippen molar-refractivity contribution in [1.82, 2.24) is 0 Å². The molecule has 0 atom stereocenters. The van der Waals surface area contributed by atoms with Gasteiger partial charge in [0.15, 0.2) is 5.70 Å². The molecule has 7 heteroatoms. The molecule has 0 spiro atoms. The summed E-state index contributed by atoms with van der Waals surface area (Å²) in [4.78, 5) is 27.5. The summed E-state index contributed by atoms with van der Waals surface area (Å²) in [5.74, 6) is 0.201. The second kappa shape index (κ2) is 10.1. The molecular weight excluding hydrogens is 456 g/mol. The predicted molar refractivity (Wildman–Crippen MR) is 136 cm³/mol. The van der Waals surface area contributed by atoms with Crippen LogP contribution in [0.25, 0.3) is 17.2 Å². The first kappa shape index (κ1) is 22.7. The zero-order valence-electron chi connectivity index (χ0n) is 19.0. The average Bonchev–Trinajstić information content (AvgIpc) is 3.29. The molecule has 0 fully saturated rings. The number of hydrogen-bond donors (Lipinski definition) is 0. The van der Waals surface area contributed by atoms with E-state index in [9.17, 15) is 14.9 Å². The number of ether oxygens (including phenoxy) is 2. The number of hydrogen-bond acceptors (Lipinski definition) is 6. The van der Waals surface area contributed by atoms with Gasteiger partial charge in [-0.25, -0.2) is 9.79 Å². The Morgan fingerprint density at radius 3 is 2.31 bits per heavy atom. The van der Waals surface area contributed by atoms with E-state index in [2.05, 4.69) is 4.99 Å². The summed E-state index contributed by atoms with van der Waals surface area (Å²) in [5.41, 5.74) is 4.29. The van der Waals surface area contributed by atoms with Gasteiger partial charge in [-0.3, -0.25) is 10.1 Å². The maximum atomic E-state index is 12.5. The highest BCUT2D eigenvalue weighted by atomic mass is 16.6. The molecule has 4 aromatic carbocycles. The predicted octanol–water partition coefficient (Wildman–Crippen LogP) is 6.19. The van der Waals surface area contributed by atoms with Gasteiger partial charge in [-0.2, -0.15) is 0 Å². The number of cyclic esters (lactones) is 1. The number of nitro groups is 1. The van der Waals surface area contributed by atoms with E-state index in [-0.39, 0.29) is 23.9 Å². The van der Waals surface area contributed by atoms with Crippen LogP contribution < -0.4 is 4.74 Å². The molecule has 1 aliphatic heterocycles. The molecule has 0 aromatic heterocycles. The highest BCUT2D eigenvalue weighted by Crippen LogP contribution is 2.27. The van der Waals surface area contributed by atoms with Crippen molar-refractivity contribution in [1.29, 1.82) is 0 Å². The maximum Gasteiger partial charge on any atom is 0.363 e. The number of benzene rings is 4. The van der Waals surface area contributed by atoms with Gasteiger partial charge in [-0.15, -0.1) is 0 Å². The van der Waals surface area contributed by atoms with Crippen molar-refractivity contribution < 1.29 is 19.2 Å². The number of nitrogens with zero attached hydrogens (tertiary/aromatic N) is 2. The highest BCUT2D eigenvalue weighted by Gasteiger charge is 2.24. The molecule has 36 heavy (non-hydrogen) atoms. The number of carbonyl (C=O) groups is 1. The number of non-ortho nitro benzene ring substituents is 1. The zero-order chi connectivity index (χ0) is 24.9. The highest BCUT2D eigenvalue weighted by molar-refractivity contribution is 6.13. The van der Waals surface area contributed by atoms with Gasteiger partial charge in [-0.05, 0) is 41.0 Å².